The molecule has 1 amide bonds. The fourth-order valence-corrected chi connectivity index (χ4v) is 2.22. The first kappa shape index (κ1) is 17.6. The van der Waals surface area contributed by atoms with Gasteiger partial charge in [0.15, 0.2) is 5.11 Å². The Bertz CT molecular complexity index is 790. The van der Waals surface area contributed by atoms with E-state index in [1.807, 2.05) is 32.0 Å². The summed E-state index contributed by atoms with van der Waals surface area (Å²) in [7, 11) is 0. The van der Waals surface area contributed by atoms with Crippen LogP contribution in [0, 0.1) is 19.7 Å². The van der Waals surface area contributed by atoms with E-state index in [9.17, 15) is 9.18 Å². The van der Waals surface area contributed by atoms with Gasteiger partial charge in [0, 0.05) is 6.08 Å². The monoisotopic (exact) mass is 343 g/mol. The van der Waals surface area contributed by atoms with E-state index in [2.05, 4.69) is 16.2 Å². The minimum absolute atomic E-state index is 0.0911. The Balaban J connectivity index is 1.85. The second-order valence-corrected chi connectivity index (χ2v) is 5.65. The Labute approximate surface area is 145 Å². The molecule has 0 fully saturated rings. The molecule has 0 saturated carbocycles. The van der Waals surface area contributed by atoms with E-state index < -0.39 is 5.82 Å². The number of halogens is 1. The highest BCUT2D eigenvalue weighted by atomic mass is 32.1. The summed E-state index contributed by atoms with van der Waals surface area (Å²) in [5.41, 5.74) is 8.39. The molecular weight excluding hydrogens is 325 g/mol. The highest BCUT2D eigenvalue weighted by Crippen LogP contribution is 2.12. The molecule has 0 unspecified atom stereocenters. The number of nitrogens with one attached hydrogen (secondary N) is 3. The lowest BCUT2D eigenvalue weighted by atomic mass is 10.1. The Morgan fingerprint density at radius 2 is 1.88 bits per heavy atom. The fraction of sp³-hybridized carbons (Fsp3) is 0.111. The Morgan fingerprint density at radius 1 is 1.12 bits per heavy atom. The smallest absolute Gasteiger partial charge is 0.262 e. The standard InChI is InChI=1S/C18H18FN3OS/c1-12-7-8-14(13(2)11-12)9-10-17(23)21-22-18(24)20-16-6-4-3-5-15(16)19/h3-11H,1-2H3,(H,21,23)(H2,20,22,24)/b10-9+. The zero-order valence-electron chi connectivity index (χ0n) is 13.4. The number of aryl methyl sites for hydroxylation is 2. The number of hydrazine groups is 1. The molecule has 0 saturated heterocycles. The molecule has 0 heterocycles. The number of hydrogen-bond acceptors (Lipinski definition) is 2. The van der Waals surface area contributed by atoms with Gasteiger partial charge in [-0.05, 0) is 55.4 Å². The van der Waals surface area contributed by atoms with Gasteiger partial charge < -0.3 is 5.32 Å². The molecule has 124 valence electrons. The van der Waals surface area contributed by atoms with Crippen LogP contribution in [-0.4, -0.2) is 11.0 Å². The maximum Gasteiger partial charge on any atom is 0.262 e. The molecule has 0 aliphatic rings. The van der Waals surface area contributed by atoms with E-state index >= 15 is 0 Å². The number of benzene rings is 2. The van der Waals surface area contributed by atoms with Gasteiger partial charge in [0.2, 0.25) is 0 Å². The van der Waals surface area contributed by atoms with Gasteiger partial charge in [-0.1, -0.05) is 35.9 Å². The van der Waals surface area contributed by atoms with Crippen LogP contribution in [0.25, 0.3) is 6.08 Å². The van der Waals surface area contributed by atoms with Crippen LogP contribution in [0.2, 0.25) is 0 Å². The number of amides is 1. The topological polar surface area (TPSA) is 53.2 Å². The lowest BCUT2D eigenvalue weighted by molar-refractivity contribution is -0.116. The number of rotatable bonds is 3. The summed E-state index contributed by atoms with van der Waals surface area (Å²) < 4.78 is 13.5. The number of anilines is 1. The molecule has 0 bridgehead atoms. The first-order chi connectivity index (χ1) is 11.5. The zero-order valence-corrected chi connectivity index (χ0v) is 14.2. The van der Waals surface area contributed by atoms with Crippen LogP contribution in [0.4, 0.5) is 10.1 Å². The van der Waals surface area contributed by atoms with Gasteiger partial charge in [0.25, 0.3) is 5.91 Å². The van der Waals surface area contributed by atoms with E-state index in [0.29, 0.717) is 0 Å². The summed E-state index contributed by atoms with van der Waals surface area (Å²) in [6, 6.07) is 12.1. The average molecular weight is 343 g/mol. The first-order valence-corrected chi connectivity index (χ1v) is 7.73. The molecule has 6 heteroatoms. The molecule has 0 aliphatic carbocycles. The lowest BCUT2D eigenvalue weighted by Gasteiger charge is -2.11. The molecule has 2 aromatic rings. The number of para-hydroxylation sites is 1. The highest BCUT2D eigenvalue weighted by Gasteiger charge is 2.03. The van der Waals surface area contributed by atoms with Crippen LogP contribution in [0.5, 0.6) is 0 Å². The van der Waals surface area contributed by atoms with Crippen molar-refractivity contribution in [2.45, 2.75) is 13.8 Å². The van der Waals surface area contributed by atoms with Crippen molar-refractivity contribution in [1.29, 1.82) is 0 Å². The fourth-order valence-electron chi connectivity index (χ4n) is 2.05. The van der Waals surface area contributed by atoms with E-state index in [1.54, 1.807) is 24.3 Å². The molecule has 2 rings (SSSR count). The largest absolute Gasteiger partial charge is 0.329 e. The van der Waals surface area contributed by atoms with Crippen molar-refractivity contribution >= 4 is 35.0 Å². The maximum atomic E-state index is 13.5. The summed E-state index contributed by atoms with van der Waals surface area (Å²) in [5, 5.41) is 2.75. The summed E-state index contributed by atoms with van der Waals surface area (Å²) >= 11 is 5.00. The molecule has 4 nitrogen and oxygen atoms in total. The van der Waals surface area contributed by atoms with Crippen molar-refractivity contribution in [2.24, 2.45) is 0 Å². The zero-order chi connectivity index (χ0) is 17.5. The number of carbonyl (C=O) groups excluding carboxylic acids is 1. The number of thiocarbonyl (C=S) groups is 1. The van der Waals surface area contributed by atoms with Gasteiger partial charge in [-0.2, -0.15) is 0 Å². The third-order valence-corrected chi connectivity index (χ3v) is 3.46. The summed E-state index contributed by atoms with van der Waals surface area (Å²) in [6.45, 7) is 4.00. The van der Waals surface area contributed by atoms with Gasteiger partial charge in [0.1, 0.15) is 5.82 Å². The van der Waals surface area contributed by atoms with Crippen LogP contribution in [0.1, 0.15) is 16.7 Å². The van der Waals surface area contributed by atoms with E-state index in [-0.39, 0.29) is 16.7 Å². The summed E-state index contributed by atoms with van der Waals surface area (Å²) in [5.74, 6) is -0.796. The Morgan fingerprint density at radius 3 is 2.58 bits per heavy atom. The van der Waals surface area contributed by atoms with Gasteiger partial charge in [-0.3, -0.25) is 15.6 Å². The number of carbonyl (C=O) groups is 1. The molecule has 2 aromatic carbocycles. The third-order valence-electron chi connectivity index (χ3n) is 3.26. The van der Waals surface area contributed by atoms with Crippen LogP contribution in [0.15, 0.2) is 48.5 Å². The second-order valence-electron chi connectivity index (χ2n) is 5.24. The summed E-state index contributed by atoms with van der Waals surface area (Å²) in [6.07, 6.45) is 3.12. The van der Waals surface area contributed by atoms with Gasteiger partial charge in [-0.15, -0.1) is 0 Å². The number of hydrogen-bond donors (Lipinski definition) is 3. The molecular formula is C18H18FN3OS. The van der Waals surface area contributed by atoms with Crippen molar-refractivity contribution in [1.82, 2.24) is 10.9 Å². The van der Waals surface area contributed by atoms with E-state index in [0.717, 1.165) is 11.1 Å². The van der Waals surface area contributed by atoms with Crippen molar-refractivity contribution in [3.63, 3.8) is 0 Å². The van der Waals surface area contributed by atoms with E-state index in [1.165, 1.54) is 17.7 Å². The van der Waals surface area contributed by atoms with Crippen molar-refractivity contribution in [2.75, 3.05) is 5.32 Å². The maximum absolute atomic E-state index is 13.5. The molecule has 0 aliphatic heterocycles. The average Bonchev–Trinajstić information content (AvgIpc) is 2.54. The Kier molecular flexibility index (Phi) is 6.03. The highest BCUT2D eigenvalue weighted by molar-refractivity contribution is 7.80. The Hall–Kier alpha value is -2.73. The predicted octanol–water partition coefficient (Wildman–Crippen LogP) is 3.47. The van der Waals surface area contributed by atoms with Crippen molar-refractivity contribution in [3.05, 3.63) is 71.0 Å². The first-order valence-electron chi connectivity index (χ1n) is 7.32. The minimum atomic E-state index is -0.428. The molecule has 3 N–H and O–H groups in total. The van der Waals surface area contributed by atoms with Crippen LogP contribution >= 0.6 is 12.2 Å². The molecule has 0 aromatic heterocycles. The van der Waals surface area contributed by atoms with Gasteiger partial charge in [0.05, 0.1) is 5.69 Å². The molecule has 24 heavy (non-hydrogen) atoms. The van der Waals surface area contributed by atoms with Crippen molar-refractivity contribution < 1.29 is 9.18 Å². The van der Waals surface area contributed by atoms with Gasteiger partial charge >= 0.3 is 0 Å². The predicted molar refractivity (Wildman–Crippen MR) is 98.8 cm³/mol. The van der Waals surface area contributed by atoms with Crippen LogP contribution < -0.4 is 16.2 Å². The SMILES string of the molecule is Cc1ccc(/C=C/C(=O)NNC(=S)Nc2ccccc2F)c(C)c1. The molecule has 0 radical (unpaired) electrons. The summed E-state index contributed by atoms with van der Waals surface area (Å²) in [4.78, 5) is 11.8. The van der Waals surface area contributed by atoms with Crippen molar-refractivity contribution in [3.8, 4) is 0 Å². The molecule has 0 spiro atoms. The third kappa shape index (κ3) is 5.17. The van der Waals surface area contributed by atoms with Crippen LogP contribution in [0.3, 0.4) is 0 Å². The van der Waals surface area contributed by atoms with Crippen LogP contribution in [-0.2, 0) is 4.79 Å². The molecule has 0 atom stereocenters. The normalized spacial score (nSPS) is 10.5. The lowest BCUT2D eigenvalue weighted by Crippen LogP contribution is -2.43. The van der Waals surface area contributed by atoms with E-state index in [4.69, 9.17) is 12.2 Å². The second kappa shape index (κ2) is 8.21. The van der Waals surface area contributed by atoms with Gasteiger partial charge in [-0.25, -0.2) is 4.39 Å². The quantitative estimate of drug-likeness (QED) is 0.454. The minimum Gasteiger partial charge on any atom is -0.329 e.